The summed E-state index contributed by atoms with van der Waals surface area (Å²) in [5, 5.41) is 9.53. The molecular formula is C15H18BrNO2. The summed E-state index contributed by atoms with van der Waals surface area (Å²) in [6.07, 6.45) is 6.77. The predicted molar refractivity (Wildman–Crippen MR) is 79.0 cm³/mol. The van der Waals surface area contributed by atoms with Crippen LogP contribution in [0.5, 0.6) is 5.75 Å². The molecule has 1 heterocycles. The van der Waals surface area contributed by atoms with Crippen molar-refractivity contribution < 1.29 is 9.84 Å². The summed E-state index contributed by atoms with van der Waals surface area (Å²) in [6.45, 7) is 2.95. The lowest BCUT2D eigenvalue weighted by Gasteiger charge is -2.29. The molecule has 0 spiro atoms. The highest BCUT2D eigenvalue weighted by Gasteiger charge is 2.18. The van der Waals surface area contributed by atoms with E-state index in [1.165, 1.54) is 0 Å². The SMILES string of the molecule is C#CCOc1ccc(Br)cc1CN1CCC(O)CC1. The molecule has 2 rings (SSSR count). The third kappa shape index (κ3) is 4.24. The number of aliphatic hydroxyl groups is 1. The largest absolute Gasteiger partial charge is 0.481 e. The summed E-state index contributed by atoms with van der Waals surface area (Å²) in [6, 6.07) is 5.96. The van der Waals surface area contributed by atoms with E-state index in [0.29, 0.717) is 0 Å². The van der Waals surface area contributed by atoms with Gasteiger partial charge in [0.15, 0.2) is 0 Å². The predicted octanol–water partition coefficient (Wildman–Crippen LogP) is 2.42. The summed E-state index contributed by atoms with van der Waals surface area (Å²) in [7, 11) is 0. The monoisotopic (exact) mass is 323 g/mol. The zero-order valence-corrected chi connectivity index (χ0v) is 12.4. The molecule has 0 bridgehead atoms. The molecule has 0 atom stereocenters. The molecule has 0 amide bonds. The molecule has 4 heteroatoms. The summed E-state index contributed by atoms with van der Waals surface area (Å²) in [5.41, 5.74) is 1.13. The van der Waals surface area contributed by atoms with Gasteiger partial charge in [-0.05, 0) is 31.0 Å². The van der Waals surface area contributed by atoms with Crippen LogP contribution in [-0.2, 0) is 6.54 Å². The second-order valence-corrected chi connectivity index (χ2v) is 5.67. The number of hydrogen-bond acceptors (Lipinski definition) is 3. The number of terminal acetylenes is 1. The van der Waals surface area contributed by atoms with Gasteiger partial charge in [0.2, 0.25) is 0 Å². The maximum Gasteiger partial charge on any atom is 0.148 e. The molecule has 1 saturated heterocycles. The summed E-state index contributed by atoms with van der Waals surface area (Å²) in [5.74, 6) is 3.33. The van der Waals surface area contributed by atoms with Gasteiger partial charge in [-0.25, -0.2) is 0 Å². The van der Waals surface area contributed by atoms with Crippen LogP contribution < -0.4 is 4.74 Å². The van der Waals surface area contributed by atoms with Gasteiger partial charge in [0, 0.05) is 29.7 Å². The first-order valence-corrected chi connectivity index (χ1v) is 7.23. The average Bonchev–Trinajstić information content (AvgIpc) is 2.40. The topological polar surface area (TPSA) is 32.7 Å². The van der Waals surface area contributed by atoms with Crippen LogP contribution in [0.4, 0.5) is 0 Å². The Balaban J connectivity index is 2.05. The molecule has 0 unspecified atom stereocenters. The maximum atomic E-state index is 9.53. The van der Waals surface area contributed by atoms with Crippen LogP contribution in [0.1, 0.15) is 18.4 Å². The normalized spacial score (nSPS) is 17.1. The zero-order chi connectivity index (χ0) is 13.7. The Morgan fingerprint density at radius 2 is 2.16 bits per heavy atom. The third-order valence-electron chi connectivity index (χ3n) is 3.28. The Morgan fingerprint density at radius 3 is 2.84 bits per heavy atom. The first kappa shape index (κ1) is 14.4. The van der Waals surface area contributed by atoms with Crippen LogP contribution in [0.3, 0.4) is 0 Å². The first-order chi connectivity index (χ1) is 9.19. The van der Waals surface area contributed by atoms with E-state index in [1.807, 2.05) is 12.1 Å². The fourth-order valence-electron chi connectivity index (χ4n) is 2.25. The standard InChI is InChI=1S/C15H18BrNO2/c1-2-9-19-15-4-3-13(16)10-12(15)11-17-7-5-14(18)6-8-17/h1,3-4,10,14,18H,5-9,11H2. The minimum atomic E-state index is -0.143. The van der Waals surface area contributed by atoms with Gasteiger partial charge in [-0.2, -0.15) is 0 Å². The number of rotatable bonds is 4. The second-order valence-electron chi connectivity index (χ2n) is 4.75. The fraction of sp³-hybridized carbons (Fsp3) is 0.467. The number of halogens is 1. The van der Waals surface area contributed by atoms with E-state index in [-0.39, 0.29) is 12.7 Å². The summed E-state index contributed by atoms with van der Waals surface area (Å²) in [4.78, 5) is 2.33. The minimum Gasteiger partial charge on any atom is -0.481 e. The maximum absolute atomic E-state index is 9.53. The molecule has 102 valence electrons. The number of benzene rings is 1. The van der Waals surface area contributed by atoms with Gasteiger partial charge in [0.1, 0.15) is 12.4 Å². The molecule has 1 aliphatic rings. The van der Waals surface area contributed by atoms with Gasteiger partial charge >= 0.3 is 0 Å². The molecule has 1 aromatic carbocycles. The Labute approximate surface area is 122 Å². The molecule has 0 radical (unpaired) electrons. The summed E-state index contributed by atoms with van der Waals surface area (Å²) >= 11 is 3.48. The van der Waals surface area contributed by atoms with Gasteiger partial charge in [-0.15, -0.1) is 6.42 Å². The van der Waals surface area contributed by atoms with Crippen molar-refractivity contribution in [3.63, 3.8) is 0 Å². The van der Waals surface area contributed by atoms with Crippen molar-refractivity contribution in [3.8, 4) is 18.1 Å². The second kappa shape index (κ2) is 6.95. The number of likely N-dealkylation sites (tertiary alicyclic amines) is 1. The molecule has 1 N–H and O–H groups in total. The van der Waals surface area contributed by atoms with E-state index in [0.717, 1.165) is 48.3 Å². The van der Waals surface area contributed by atoms with Gasteiger partial charge in [-0.3, -0.25) is 4.90 Å². The highest BCUT2D eigenvalue weighted by molar-refractivity contribution is 9.10. The average molecular weight is 324 g/mol. The number of piperidine rings is 1. The van der Waals surface area contributed by atoms with Crippen molar-refractivity contribution in [1.29, 1.82) is 0 Å². The van der Waals surface area contributed by atoms with E-state index in [2.05, 4.69) is 32.8 Å². The zero-order valence-electron chi connectivity index (χ0n) is 10.8. The van der Waals surface area contributed by atoms with E-state index < -0.39 is 0 Å². The van der Waals surface area contributed by atoms with Gasteiger partial charge in [0.25, 0.3) is 0 Å². The van der Waals surface area contributed by atoms with E-state index >= 15 is 0 Å². The fourth-order valence-corrected chi connectivity index (χ4v) is 2.66. The van der Waals surface area contributed by atoms with Crippen LogP contribution in [0.2, 0.25) is 0 Å². The number of hydrogen-bond donors (Lipinski definition) is 1. The number of nitrogens with zero attached hydrogens (tertiary/aromatic N) is 1. The van der Waals surface area contributed by atoms with Gasteiger partial charge in [-0.1, -0.05) is 21.9 Å². The van der Waals surface area contributed by atoms with Crippen molar-refractivity contribution in [2.24, 2.45) is 0 Å². The number of ether oxygens (including phenoxy) is 1. The van der Waals surface area contributed by atoms with Crippen LogP contribution in [0.25, 0.3) is 0 Å². The first-order valence-electron chi connectivity index (χ1n) is 6.44. The lowest BCUT2D eigenvalue weighted by atomic mass is 10.1. The smallest absolute Gasteiger partial charge is 0.148 e. The molecule has 0 aromatic heterocycles. The Morgan fingerprint density at radius 1 is 1.42 bits per heavy atom. The molecule has 1 fully saturated rings. The van der Waals surface area contributed by atoms with Crippen LogP contribution in [0, 0.1) is 12.3 Å². The van der Waals surface area contributed by atoms with Crippen molar-refractivity contribution >= 4 is 15.9 Å². The third-order valence-corrected chi connectivity index (χ3v) is 3.78. The van der Waals surface area contributed by atoms with Crippen molar-refractivity contribution in [2.45, 2.75) is 25.5 Å². The van der Waals surface area contributed by atoms with Gasteiger partial charge in [0.05, 0.1) is 6.10 Å². The Hall–Kier alpha value is -1.02. The highest BCUT2D eigenvalue weighted by Crippen LogP contribution is 2.25. The van der Waals surface area contributed by atoms with E-state index in [4.69, 9.17) is 11.2 Å². The molecule has 1 aromatic rings. The molecule has 0 aliphatic carbocycles. The number of aliphatic hydroxyl groups excluding tert-OH is 1. The highest BCUT2D eigenvalue weighted by atomic mass is 79.9. The lowest BCUT2D eigenvalue weighted by molar-refractivity contribution is 0.0788. The molecular weight excluding hydrogens is 306 g/mol. The minimum absolute atomic E-state index is 0.143. The van der Waals surface area contributed by atoms with Crippen molar-refractivity contribution in [3.05, 3.63) is 28.2 Å². The van der Waals surface area contributed by atoms with E-state index in [1.54, 1.807) is 0 Å². The lowest BCUT2D eigenvalue weighted by Crippen LogP contribution is -2.35. The molecule has 3 nitrogen and oxygen atoms in total. The quantitative estimate of drug-likeness (QED) is 0.864. The van der Waals surface area contributed by atoms with E-state index in [9.17, 15) is 5.11 Å². The van der Waals surface area contributed by atoms with Crippen LogP contribution in [-0.4, -0.2) is 35.8 Å². The van der Waals surface area contributed by atoms with Crippen LogP contribution >= 0.6 is 15.9 Å². The Kier molecular flexibility index (Phi) is 5.26. The van der Waals surface area contributed by atoms with Crippen molar-refractivity contribution in [1.82, 2.24) is 4.90 Å². The molecule has 0 saturated carbocycles. The van der Waals surface area contributed by atoms with Crippen molar-refractivity contribution in [2.75, 3.05) is 19.7 Å². The van der Waals surface area contributed by atoms with Crippen LogP contribution in [0.15, 0.2) is 22.7 Å². The van der Waals surface area contributed by atoms with Gasteiger partial charge < -0.3 is 9.84 Å². The Bertz CT molecular complexity index is 462. The summed E-state index contributed by atoms with van der Waals surface area (Å²) < 4.78 is 6.61. The molecule has 1 aliphatic heterocycles. The molecule has 19 heavy (non-hydrogen) atoms.